The van der Waals surface area contributed by atoms with Crippen molar-refractivity contribution in [3.63, 3.8) is 0 Å². The maximum atomic E-state index is 12.6. The Labute approximate surface area is 193 Å². The summed E-state index contributed by atoms with van der Waals surface area (Å²) >= 11 is 0. The maximum absolute atomic E-state index is 12.6. The Hall–Kier alpha value is -0.690. The molecule has 0 aromatic rings. The Kier molecular flexibility index (Phi) is 14.9. The molecule has 0 aliphatic heterocycles. The van der Waals surface area contributed by atoms with Gasteiger partial charge < -0.3 is 42.6 Å². The lowest BCUT2D eigenvalue weighted by molar-refractivity contribution is -0.408. The van der Waals surface area contributed by atoms with Crippen LogP contribution in [0, 0.1) is 0 Å². The highest BCUT2D eigenvalue weighted by atomic mass is 16.9. The van der Waals surface area contributed by atoms with Crippen molar-refractivity contribution in [2.75, 3.05) is 21.3 Å². The molecule has 0 aliphatic rings. The molecule has 192 valence electrons. The van der Waals surface area contributed by atoms with Crippen LogP contribution in [0.15, 0.2) is 0 Å². The number of methoxy groups -OCH3 is 3. The molecule has 0 saturated carbocycles. The van der Waals surface area contributed by atoms with Crippen molar-refractivity contribution in [2.45, 2.75) is 117 Å². The molecule has 0 N–H and O–H groups in total. The summed E-state index contributed by atoms with van der Waals surface area (Å²) in [5.41, 5.74) is -1.28. The number of carbonyl (C=O) groups is 1. The van der Waals surface area contributed by atoms with Crippen LogP contribution in [-0.2, 0) is 47.4 Å². The molecular weight excluding hydrogens is 424 g/mol. The van der Waals surface area contributed by atoms with E-state index in [2.05, 4.69) is 0 Å². The second-order valence-electron chi connectivity index (χ2n) is 7.64. The van der Waals surface area contributed by atoms with Crippen molar-refractivity contribution in [1.82, 2.24) is 0 Å². The van der Waals surface area contributed by atoms with E-state index in [-0.39, 0.29) is 0 Å². The molecular formula is C22H44O10. The van der Waals surface area contributed by atoms with Gasteiger partial charge in [-0.05, 0) is 54.9 Å². The molecule has 0 amide bonds. The maximum Gasteiger partial charge on any atom is 0.260 e. The standard InChI is InChI=1S/C22H44O10/c1-12-13-21(8,30-18(5)27-15(2)24-9)22(14-23,31-19(6)28-16(3)25-10)32-20(7)29-17(4)26-11/h14-20H,12-13H2,1-11H3. The van der Waals surface area contributed by atoms with E-state index in [1.165, 1.54) is 21.3 Å². The Morgan fingerprint density at radius 3 is 1.28 bits per heavy atom. The summed E-state index contributed by atoms with van der Waals surface area (Å²) in [5, 5.41) is 0. The third-order valence-corrected chi connectivity index (χ3v) is 4.87. The monoisotopic (exact) mass is 468 g/mol. The predicted octanol–water partition coefficient (Wildman–Crippen LogP) is 3.56. The first-order chi connectivity index (χ1) is 14.9. The highest BCUT2D eigenvalue weighted by Crippen LogP contribution is 2.38. The Morgan fingerprint density at radius 2 is 1.00 bits per heavy atom. The largest absolute Gasteiger partial charge is 0.356 e. The minimum atomic E-state index is -1.91. The van der Waals surface area contributed by atoms with E-state index < -0.39 is 49.1 Å². The van der Waals surface area contributed by atoms with Crippen LogP contribution in [-0.4, -0.2) is 76.7 Å². The Balaban J connectivity index is 6.06. The lowest BCUT2D eigenvalue weighted by atomic mass is 9.90. The van der Waals surface area contributed by atoms with E-state index in [1.807, 2.05) is 6.92 Å². The molecule has 0 rings (SSSR count). The summed E-state index contributed by atoms with van der Waals surface area (Å²) < 4.78 is 50.7. The number of ether oxygens (including phenoxy) is 9. The molecule has 0 radical (unpaired) electrons. The summed E-state index contributed by atoms with van der Waals surface area (Å²) in [6.45, 7) is 13.8. The van der Waals surface area contributed by atoms with Crippen LogP contribution in [0.4, 0.5) is 0 Å². The van der Waals surface area contributed by atoms with Crippen LogP contribution >= 0.6 is 0 Å². The highest BCUT2D eigenvalue weighted by molar-refractivity contribution is 5.63. The number of rotatable bonds is 19. The van der Waals surface area contributed by atoms with Gasteiger partial charge in [-0.3, -0.25) is 4.79 Å². The lowest BCUT2D eigenvalue weighted by Gasteiger charge is -2.47. The zero-order valence-corrected chi connectivity index (χ0v) is 21.5. The van der Waals surface area contributed by atoms with Crippen molar-refractivity contribution >= 4 is 6.29 Å². The highest BCUT2D eigenvalue weighted by Gasteiger charge is 2.55. The molecule has 7 atom stereocenters. The Morgan fingerprint density at radius 1 is 0.656 bits per heavy atom. The average Bonchev–Trinajstić information content (AvgIpc) is 2.72. The van der Waals surface area contributed by atoms with Crippen molar-refractivity contribution in [3.8, 4) is 0 Å². The summed E-state index contributed by atoms with van der Waals surface area (Å²) in [7, 11) is 4.53. The SMILES string of the molecule is CCCC(C)(OC(C)OC(C)OC)C(C=O)(OC(C)OC(C)OC)OC(C)OC(C)OC. The van der Waals surface area contributed by atoms with Gasteiger partial charge in [-0.1, -0.05) is 13.3 Å². The van der Waals surface area contributed by atoms with Crippen molar-refractivity contribution in [2.24, 2.45) is 0 Å². The summed E-state index contributed by atoms with van der Waals surface area (Å²) in [6.07, 6.45) is -2.52. The van der Waals surface area contributed by atoms with Gasteiger partial charge in [0, 0.05) is 21.3 Å². The van der Waals surface area contributed by atoms with Gasteiger partial charge in [0.1, 0.15) is 5.60 Å². The van der Waals surface area contributed by atoms with Gasteiger partial charge in [0.05, 0.1) is 0 Å². The first-order valence-corrected chi connectivity index (χ1v) is 11.0. The van der Waals surface area contributed by atoms with Crippen LogP contribution in [0.3, 0.4) is 0 Å². The van der Waals surface area contributed by atoms with Crippen molar-refractivity contribution < 1.29 is 47.4 Å². The van der Waals surface area contributed by atoms with Gasteiger partial charge in [0.15, 0.2) is 44.0 Å². The van der Waals surface area contributed by atoms with Gasteiger partial charge in [-0.2, -0.15) is 0 Å². The van der Waals surface area contributed by atoms with Crippen molar-refractivity contribution in [3.05, 3.63) is 0 Å². The third-order valence-electron chi connectivity index (χ3n) is 4.87. The van der Waals surface area contributed by atoms with E-state index in [1.54, 1.807) is 48.5 Å². The van der Waals surface area contributed by atoms with Gasteiger partial charge in [0.25, 0.3) is 5.79 Å². The average molecular weight is 469 g/mol. The van der Waals surface area contributed by atoms with Crippen LogP contribution in [0.2, 0.25) is 0 Å². The summed E-state index contributed by atoms with van der Waals surface area (Å²) in [6, 6.07) is 0. The van der Waals surface area contributed by atoms with Crippen LogP contribution in [0.5, 0.6) is 0 Å². The van der Waals surface area contributed by atoms with Gasteiger partial charge in [0.2, 0.25) is 0 Å². The van der Waals surface area contributed by atoms with Gasteiger partial charge in [-0.15, -0.1) is 0 Å². The fraction of sp³-hybridized carbons (Fsp3) is 0.955. The number of hydrogen-bond acceptors (Lipinski definition) is 10. The summed E-state index contributed by atoms with van der Waals surface area (Å²) in [5.74, 6) is -1.91. The fourth-order valence-corrected chi connectivity index (χ4v) is 3.17. The van der Waals surface area contributed by atoms with E-state index in [0.717, 1.165) is 0 Å². The zero-order valence-electron chi connectivity index (χ0n) is 21.5. The predicted molar refractivity (Wildman–Crippen MR) is 116 cm³/mol. The molecule has 0 spiro atoms. The fourth-order valence-electron chi connectivity index (χ4n) is 3.17. The molecule has 0 bridgehead atoms. The molecule has 0 aromatic carbocycles. The normalized spacial score (nSPS) is 21.6. The smallest absolute Gasteiger partial charge is 0.260 e. The second kappa shape index (κ2) is 15.3. The molecule has 0 aromatic heterocycles. The number of hydrogen-bond donors (Lipinski definition) is 0. The van der Waals surface area contributed by atoms with E-state index in [0.29, 0.717) is 19.1 Å². The minimum absolute atomic E-state index is 0.403. The third kappa shape index (κ3) is 10.1. The molecule has 0 heterocycles. The van der Waals surface area contributed by atoms with Crippen LogP contribution in [0.25, 0.3) is 0 Å². The Bertz CT molecular complexity index is 485. The quantitative estimate of drug-likeness (QED) is 0.207. The second-order valence-corrected chi connectivity index (χ2v) is 7.64. The first kappa shape index (κ1) is 31.3. The van der Waals surface area contributed by atoms with E-state index >= 15 is 0 Å². The van der Waals surface area contributed by atoms with Gasteiger partial charge in [-0.25, -0.2) is 0 Å². The summed E-state index contributed by atoms with van der Waals surface area (Å²) in [4.78, 5) is 12.6. The van der Waals surface area contributed by atoms with Gasteiger partial charge >= 0.3 is 0 Å². The molecule has 7 unspecified atom stereocenters. The van der Waals surface area contributed by atoms with E-state index in [4.69, 9.17) is 42.6 Å². The van der Waals surface area contributed by atoms with Crippen LogP contribution in [0.1, 0.15) is 68.2 Å². The topological polar surface area (TPSA) is 100 Å². The van der Waals surface area contributed by atoms with Crippen molar-refractivity contribution in [1.29, 1.82) is 0 Å². The minimum Gasteiger partial charge on any atom is -0.356 e. The zero-order chi connectivity index (χ0) is 24.9. The number of aldehydes is 1. The number of carbonyl (C=O) groups excluding carboxylic acids is 1. The molecule has 32 heavy (non-hydrogen) atoms. The molecule has 0 aliphatic carbocycles. The molecule has 0 saturated heterocycles. The molecule has 10 nitrogen and oxygen atoms in total. The molecule has 0 fully saturated rings. The van der Waals surface area contributed by atoms with Crippen LogP contribution < -0.4 is 0 Å². The molecule has 10 heteroatoms. The van der Waals surface area contributed by atoms with E-state index in [9.17, 15) is 4.79 Å². The first-order valence-electron chi connectivity index (χ1n) is 11.0. The lowest BCUT2D eigenvalue weighted by Crippen LogP contribution is -2.62.